The minimum absolute atomic E-state index is 0.322. The number of halogens is 1. The van der Waals surface area contributed by atoms with Gasteiger partial charge >= 0.3 is 5.97 Å². The highest BCUT2D eigenvalue weighted by molar-refractivity contribution is 6.30. The minimum Gasteiger partial charge on any atom is -0.482 e. The van der Waals surface area contributed by atoms with Crippen LogP contribution in [0, 0.1) is 11.3 Å². The summed E-state index contributed by atoms with van der Waals surface area (Å²) in [4.78, 5) is 23.4. The Bertz CT molecular complexity index is 621. The van der Waals surface area contributed by atoms with Gasteiger partial charge in [-0.15, -0.1) is 0 Å². The molecule has 1 aromatic carbocycles. The van der Waals surface area contributed by atoms with Crippen molar-refractivity contribution in [3.8, 4) is 11.8 Å². The van der Waals surface area contributed by atoms with Gasteiger partial charge in [0.2, 0.25) is 0 Å². The number of nitrogens with zero attached hydrogens (tertiary/aromatic N) is 1. The van der Waals surface area contributed by atoms with Crippen molar-refractivity contribution in [1.82, 2.24) is 5.32 Å². The summed E-state index contributed by atoms with van der Waals surface area (Å²) in [7, 11) is 0. The van der Waals surface area contributed by atoms with E-state index in [4.69, 9.17) is 21.1 Å². The number of hydrogen-bond donors (Lipinski definition) is 1. The quantitative estimate of drug-likeness (QED) is 0.805. The number of esters is 1. The average Bonchev–Trinajstić information content (AvgIpc) is 3.00. The zero-order valence-corrected chi connectivity index (χ0v) is 13.3. The van der Waals surface area contributed by atoms with Crippen molar-refractivity contribution in [2.75, 3.05) is 13.2 Å². The van der Waals surface area contributed by atoms with E-state index >= 15 is 0 Å². The number of amides is 1. The summed E-state index contributed by atoms with van der Waals surface area (Å²) in [5.74, 6) is -0.713. The molecule has 1 aromatic rings. The van der Waals surface area contributed by atoms with Crippen molar-refractivity contribution in [3.63, 3.8) is 0 Å². The van der Waals surface area contributed by atoms with Gasteiger partial charge < -0.3 is 14.8 Å². The highest BCUT2D eigenvalue weighted by Crippen LogP contribution is 2.28. The third kappa shape index (κ3) is 5.15. The first-order valence-electron chi connectivity index (χ1n) is 7.29. The molecular formula is C16H17ClN2O4. The molecule has 7 heteroatoms. The van der Waals surface area contributed by atoms with E-state index in [-0.39, 0.29) is 6.61 Å². The maximum atomic E-state index is 11.8. The Labute approximate surface area is 139 Å². The lowest BCUT2D eigenvalue weighted by Crippen LogP contribution is -2.46. The van der Waals surface area contributed by atoms with Crippen molar-refractivity contribution in [1.29, 1.82) is 5.26 Å². The van der Waals surface area contributed by atoms with E-state index in [1.165, 1.54) is 0 Å². The fraction of sp³-hybridized carbons (Fsp3) is 0.438. The zero-order valence-electron chi connectivity index (χ0n) is 12.5. The summed E-state index contributed by atoms with van der Waals surface area (Å²) in [6.07, 6.45) is 3.06. The van der Waals surface area contributed by atoms with Crippen LogP contribution < -0.4 is 10.1 Å². The maximum absolute atomic E-state index is 11.8. The molecule has 2 rings (SSSR count). The van der Waals surface area contributed by atoms with E-state index in [0.717, 1.165) is 12.8 Å². The fourth-order valence-corrected chi connectivity index (χ4v) is 2.61. The van der Waals surface area contributed by atoms with Crippen LogP contribution in [0.15, 0.2) is 24.3 Å². The zero-order chi connectivity index (χ0) is 16.7. The molecule has 1 N–H and O–H groups in total. The van der Waals surface area contributed by atoms with Gasteiger partial charge in [0, 0.05) is 5.02 Å². The number of benzene rings is 1. The monoisotopic (exact) mass is 336 g/mol. The molecule has 1 amide bonds. The topological polar surface area (TPSA) is 88.4 Å². The molecular weight excluding hydrogens is 320 g/mol. The lowest BCUT2D eigenvalue weighted by molar-refractivity contribution is -0.150. The fourth-order valence-electron chi connectivity index (χ4n) is 2.43. The van der Waals surface area contributed by atoms with Gasteiger partial charge in [0.25, 0.3) is 5.91 Å². The van der Waals surface area contributed by atoms with E-state index in [2.05, 4.69) is 11.4 Å². The Morgan fingerprint density at radius 1 is 1.30 bits per heavy atom. The minimum atomic E-state index is -0.819. The summed E-state index contributed by atoms with van der Waals surface area (Å²) < 4.78 is 10.0. The average molecular weight is 337 g/mol. The Morgan fingerprint density at radius 3 is 2.70 bits per heavy atom. The largest absolute Gasteiger partial charge is 0.482 e. The molecule has 1 aliphatic rings. The predicted molar refractivity (Wildman–Crippen MR) is 82.9 cm³/mol. The molecule has 0 bridgehead atoms. The van der Waals surface area contributed by atoms with Gasteiger partial charge in [-0.25, -0.2) is 4.79 Å². The Hall–Kier alpha value is -2.26. The first kappa shape index (κ1) is 17.1. The molecule has 23 heavy (non-hydrogen) atoms. The van der Waals surface area contributed by atoms with Crippen LogP contribution in [0.25, 0.3) is 0 Å². The van der Waals surface area contributed by atoms with Crippen molar-refractivity contribution in [2.24, 2.45) is 0 Å². The highest BCUT2D eigenvalue weighted by atomic mass is 35.5. The van der Waals surface area contributed by atoms with Gasteiger partial charge in [0.15, 0.2) is 13.2 Å². The van der Waals surface area contributed by atoms with Crippen molar-refractivity contribution < 1.29 is 19.1 Å². The number of carbonyl (C=O) groups is 2. The Morgan fingerprint density at radius 2 is 2.04 bits per heavy atom. The smallest absolute Gasteiger partial charge is 0.344 e. The number of carbonyl (C=O) groups excluding carboxylic acids is 2. The summed E-state index contributed by atoms with van der Waals surface area (Å²) >= 11 is 5.80. The summed E-state index contributed by atoms with van der Waals surface area (Å²) in [6.45, 7) is -0.752. The van der Waals surface area contributed by atoms with Crippen LogP contribution in [0.2, 0.25) is 5.02 Å². The molecule has 0 aromatic heterocycles. The van der Waals surface area contributed by atoms with Gasteiger partial charge in [-0.05, 0) is 43.9 Å². The van der Waals surface area contributed by atoms with Crippen LogP contribution >= 0.6 is 11.6 Å². The molecule has 0 aliphatic heterocycles. The van der Waals surface area contributed by atoms with Crippen LogP contribution in [0.3, 0.4) is 0 Å². The van der Waals surface area contributed by atoms with Crippen LogP contribution in [0.5, 0.6) is 5.75 Å². The third-order valence-electron chi connectivity index (χ3n) is 3.57. The number of ether oxygens (including phenoxy) is 2. The van der Waals surface area contributed by atoms with Crippen LogP contribution in [0.4, 0.5) is 0 Å². The van der Waals surface area contributed by atoms with Crippen molar-refractivity contribution >= 4 is 23.5 Å². The van der Waals surface area contributed by atoms with Crippen molar-refractivity contribution in [3.05, 3.63) is 29.3 Å². The third-order valence-corrected chi connectivity index (χ3v) is 3.80. The van der Waals surface area contributed by atoms with Crippen LogP contribution in [-0.2, 0) is 14.3 Å². The van der Waals surface area contributed by atoms with Crippen LogP contribution in [0.1, 0.15) is 25.7 Å². The molecule has 1 saturated carbocycles. The highest BCUT2D eigenvalue weighted by Gasteiger charge is 2.35. The second-order valence-corrected chi connectivity index (χ2v) is 5.79. The lowest BCUT2D eigenvalue weighted by atomic mass is 10.00. The summed E-state index contributed by atoms with van der Waals surface area (Å²) in [5, 5.41) is 12.3. The molecule has 0 radical (unpaired) electrons. The molecule has 0 saturated heterocycles. The van der Waals surface area contributed by atoms with E-state index in [1.54, 1.807) is 24.3 Å². The molecule has 0 unspecified atom stereocenters. The maximum Gasteiger partial charge on any atom is 0.344 e. The molecule has 0 atom stereocenters. The van der Waals surface area contributed by atoms with E-state index in [9.17, 15) is 14.9 Å². The second-order valence-electron chi connectivity index (χ2n) is 5.36. The van der Waals surface area contributed by atoms with Gasteiger partial charge in [0.05, 0.1) is 6.07 Å². The number of hydrogen-bond acceptors (Lipinski definition) is 5. The predicted octanol–water partition coefficient (Wildman–Crippen LogP) is 2.21. The Balaban J connectivity index is 1.71. The molecule has 1 fully saturated rings. The number of nitriles is 1. The standard InChI is InChI=1S/C16H17ClN2O4/c17-12-4-3-5-13(8-12)22-10-15(21)23-9-14(20)19-16(11-18)6-1-2-7-16/h3-5,8H,1-2,6-7,9-10H2,(H,19,20). The second kappa shape index (κ2) is 7.84. The van der Waals surface area contributed by atoms with Gasteiger partial charge in [-0.3, -0.25) is 4.79 Å². The van der Waals surface area contributed by atoms with E-state index < -0.39 is 24.0 Å². The van der Waals surface area contributed by atoms with E-state index in [1.807, 2.05) is 0 Å². The van der Waals surface area contributed by atoms with Gasteiger partial charge in [0.1, 0.15) is 11.3 Å². The van der Waals surface area contributed by atoms with Gasteiger partial charge in [-0.1, -0.05) is 17.7 Å². The van der Waals surface area contributed by atoms with E-state index in [0.29, 0.717) is 23.6 Å². The normalized spacial score (nSPS) is 15.5. The molecule has 6 nitrogen and oxygen atoms in total. The molecule has 0 spiro atoms. The molecule has 0 heterocycles. The first-order chi connectivity index (χ1) is 11.0. The lowest BCUT2D eigenvalue weighted by Gasteiger charge is -2.21. The first-order valence-corrected chi connectivity index (χ1v) is 7.67. The Kier molecular flexibility index (Phi) is 5.83. The summed E-state index contributed by atoms with van der Waals surface area (Å²) in [6, 6.07) is 8.74. The van der Waals surface area contributed by atoms with Gasteiger partial charge in [-0.2, -0.15) is 5.26 Å². The summed E-state index contributed by atoms with van der Waals surface area (Å²) in [5.41, 5.74) is -0.819. The van der Waals surface area contributed by atoms with Crippen LogP contribution in [-0.4, -0.2) is 30.6 Å². The molecule has 122 valence electrons. The van der Waals surface area contributed by atoms with Crippen molar-refractivity contribution in [2.45, 2.75) is 31.2 Å². The molecule has 1 aliphatic carbocycles. The number of nitrogens with one attached hydrogen (secondary N) is 1. The number of rotatable bonds is 6. The SMILES string of the molecule is N#CC1(NC(=O)COC(=O)COc2cccc(Cl)c2)CCCC1.